The van der Waals surface area contributed by atoms with Gasteiger partial charge in [-0.2, -0.15) is 0 Å². The number of hydrogen-bond acceptors (Lipinski definition) is 5. The van der Waals surface area contributed by atoms with Gasteiger partial charge in [0.2, 0.25) is 0 Å². The van der Waals surface area contributed by atoms with E-state index in [0.29, 0.717) is 6.54 Å². The van der Waals surface area contributed by atoms with Crippen LogP contribution in [-0.4, -0.2) is 55.7 Å². The average molecular weight is 211 g/mol. The number of fused-ring (bicyclic) bond motifs is 1. The van der Waals surface area contributed by atoms with Crippen molar-refractivity contribution in [2.24, 2.45) is 0 Å². The first-order valence-electron chi connectivity index (χ1n) is 5.18. The molecule has 1 fully saturated rings. The number of hydrogen-bond donors (Lipinski definition) is 1. The van der Waals surface area contributed by atoms with Gasteiger partial charge in [0.1, 0.15) is 5.82 Å². The van der Waals surface area contributed by atoms with Crippen molar-refractivity contribution < 1.29 is 9.53 Å². The van der Waals surface area contributed by atoms with E-state index >= 15 is 0 Å². The second kappa shape index (κ2) is 4.10. The van der Waals surface area contributed by atoms with Crippen LogP contribution in [0.5, 0.6) is 0 Å². The smallest absolute Gasteiger partial charge is 0.319 e. The van der Waals surface area contributed by atoms with Crippen molar-refractivity contribution in [3.8, 4) is 0 Å². The normalized spacial score (nSPS) is 21.3. The highest BCUT2D eigenvalue weighted by molar-refractivity contribution is 5.71. The lowest BCUT2D eigenvalue weighted by Gasteiger charge is -2.34. The minimum absolute atomic E-state index is 0.168. The van der Waals surface area contributed by atoms with Crippen molar-refractivity contribution in [3.05, 3.63) is 11.4 Å². The molecule has 84 valence electrons. The Morgan fingerprint density at radius 3 is 3.13 bits per heavy atom. The van der Waals surface area contributed by atoms with Crippen LogP contribution in [0.3, 0.4) is 0 Å². The van der Waals surface area contributed by atoms with Crippen molar-refractivity contribution in [2.45, 2.75) is 6.92 Å². The second-order valence-corrected chi connectivity index (χ2v) is 4.02. The van der Waals surface area contributed by atoms with E-state index in [1.807, 2.05) is 0 Å². The Bertz CT molecular complexity index is 301. The molecule has 0 aliphatic carbocycles. The number of methoxy groups -OCH3 is 1. The molecule has 2 aliphatic rings. The summed E-state index contributed by atoms with van der Waals surface area (Å²) in [6.45, 7) is 6.15. The van der Waals surface area contributed by atoms with Crippen molar-refractivity contribution in [1.29, 1.82) is 0 Å². The van der Waals surface area contributed by atoms with Crippen LogP contribution in [0.1, 0.15) is 6.92 Å². The summed E-state index contributed by atoms with van der Waals surface area (Å²) in [7, 11) is 1.43. The third-order valence-corrected chi connectivity index (χ3v) is 2.81. The number of nitrogens with one attached hydrogen (secondary N) is 1. The minimum atomic E-state index is -0.168. The fourth-order valence-corrected chi connectivity index (χ4v) is 2.15. The highest BCUT2D eigenvalue weighted by Crippen LogP contribution is 2.19. The molecule has 0 radical (unpaired) electrons. The summed E-state index contributed by atoms with van der Waals surface area (Å²) in [6, 6.07) is 0. The van der Waals surface area contributed by atoms with E-state index in [1.165, 1.54) is 18.5 Å². The van der Waals surface area contributed by atoms with Gasteiger partial charge in [-0.3, -0.25) is 9.69 Å². The zero-order chi connectivity index (χ0) is 10.8. The summed E-state index contributed by atoms with van der Waals surface area (Å²) >= 11 is 0. The monoisotopic (exact) mass is 211 g/mol. The third-order valence-electron chi connectivity index (χ3n) is 2.81. The number of rotatable bonds is 2. The van der Waals surface area contributed by atoms with E-state index in [0.717, 1.165) is 26.3 Å². The number of nitrogens with zero attached hydrogens (tertiary/aromatic N) is 2. The molecule has 0 unspecified atom stereocenters. The van der Waals surface area contributed by atoms with Gasteiger partial charge < -0.3 is 15.0 Å². The number of carbonyl (C=O) groups is 1. The third kappa shape index (κ3) is 2.07. The van der Waals surface area contributed by atoms with E-state index in [-0.39, 0.29) is 5.97 Å². The van der Waals surface area contributed by atoms with Gasteiger partial charge in [-0.15, -0.1) is 0 Å². The van der Waals surface area contributed by atoms with E-state index < -0.39 is 0 Å². The molecule has 15 heavy (non-hydrogen) atoms. The van der Waals surface area contributed by atoms with Crippen molar-refractivity contribution >= 4 is 5.97 Å². The Labute approximate surface area is 89.7 Å². The molecule has 0 saturated carbocycles. The standard InChI is InChI=1S/C10H17N3O2/c1-8-5-12(6-9(14)15-2)7-13-4-3-11-10(8)13/h11H,3-7H2,1-2H3. The summed E-state index contributed by atoms with van der Waals surface area (Å²) in [4.78, 5) is 15.5. The minimum Gasteiger partial charge on any atom is -0.468 e. The molecule has 0 aromatic heterocycles. The molecular formula is C10H17N3O2. The van der Waals surface area contributed by atoms with Gasteiger partial charge in [0.25, 0.3) is 0 Å². The Morgan fingerprint density at radius 1 is 1.60 bits per heavy atom. The lowest BCUT2D eigenvalue weighted by Crippen LogP contribution is -2.44. The predicted molar refractivity (Wildman–Crippen MR) is 55.9 cm³/mol. The summed E-state index contributed by atoms with van der Waals surface area (Å²) in [5.41, 5.74) is 1.29. The van der Waals surface area contributed by atoms with Crippen LogP contribution in [0.25, 0.3) is 0 Å². The lowest BCUT2D eigenvalue weighted by molar-refractivity contribution is -0.142. The summed E-state index contributed by atoms with van der Waals surface area (Å²) in [6.07, 6.45) is 0. The quantitative estimate of drug-likeness (QED) is 0.628. The van der Waals surface area contributed by atoms with E-state index in [9.17, 15) is 4.79 Å². The van der Waals surface area contributed by atoms with Gasteiger partial charge in [-0.05, 0) is 12.5 Å². The SMILES string of the molecule is COC(=O)CN1CC(C)=C2NCCN2C1. The van der Waals surface area contributed by atoms with Crippen molar-refractivity contribution in [2.75, 3.05) is 40.0 Å². The molecule has 2 heterocycles. The Balaban J connectivity index is 2.00. The Hall–Kier alpha value is -1.23. The summed E-state index contributed by atoms with van der Waals surface area (Å²) in [5.74, 6) is 1.08. The van der Waals surface area contributed by atoms with Gasteiger partial charge in [-0.1, -0.05) is 0 Å². The fourth-order valence-electron chi connectivity index (χ4n) is 2.15. The van der Waals surface area contributed by atoms with Crippen LogP contribution < -0.4 is 5.32 Å². The number of esters is 1. The fraction of sp³-hybridized carbons (Fsp3) is 0.700. The first-order valence-corrected chi connectivity index (χ1v) is 5.18. The van der Waals surface area contributed by atoms with Gasteiger partial charge in [0, 0.05) is 19.6 Å². The van der Waals surface area contributed by atoms with Crippen LogP contribution in [0.4, 0.5) is 0 Å². The predicted octanol–water partition coefficient (Wildman–Crippen LogP) is -0.431. The summed E-state index contributed by atoms with van der Waals surface area (Å²) < 4.78 is 4.67. The topological polar surface area (TPSA) is 44.8 Å². The van der Waals surface area contributed by atoms with Gasteiger partial charge in [-0.25, -0.2) is 0 Å². The first-order chi connectivity index (χ1) is 7.20. The molecule has 2 rings (SSSR count). The molecule has 0 aromatic rings. The number of ether oxygens (including phenoxy) is 1. The van der Waals surface area contributed by atoms with E-state index in [1.54, 1.807) is 0 Å². The Morgan fingerprint density at radius 2 is 2.40 bits per heavy atom. The Kier molecular flexibility index (Phi) is 2.81. The first kappa shape index (κ1) is 10.3. The van der Waals surface area contributed by atoms with E-state index in [4.69, 9.17) is 0 Å². The van der Waals surface area contributed by atoms with Crippen LogP contribution in [0.2, 0.25) is 0 Å². The second-order valence-electron chi connectivity index (χ2n) is 4.02. The average Bonchev–Trinajstić information content (AvgIpc) is 2.66. The van der Waals surface area contributed by atoms with Crippen LogP contribution in [0, 0.1) is 0 Å². The highest BCUT2D eigenvalue weighted by atomic mass is 16.5. The van der Waals surface area contributed by atoms with Crippen molar-refractivity contribution in [1.82, 2.24) is 15.1 Å². The zero-order valence-corrected chi connectivity index (χ0v) is 9.25. The van der Waals surface area contributed by atoms with Gasteiger partial charge in [0.05, 0.1) is 20.3 Å². The molecule has 1 N–H and O–H groups in total. The largest absolute Gasteiger partial charge is 0.468 e. The molecule has 2 aliphatic heterocycles. The maximum absolute atomic E-state index is 11.2. The molecule has 5 heteroatoms. The van der Waals surface area contributed by atoms with Crippen LogP contribution >= 0.6 is 0 Å². The van der Waals surface area contributed by atoms with Crippen LogP contribution in [0.15, 0.2) is 11.4 Å². The maximum Gasteiger partial charge on any atom is 0.319 e. The highest BCUT2D eigenvalue weighted by Gasteiger charge is 2.27. The molecule has 0 bridgehead atoms. The zero-order valence-electron chi connectivity index (χ0n) is 9.25. The molecule has 0 amide bonds. The van der Waals surface area contributed by atoms with Crippen LogP contribution in [-0.2, 0) is 9.53 Å². The molecule has 1 saturated heterocycles. The van der Waals surface area contributed by atoms with Gasteiger partial charge in [0.15, 0.2) is 0 Å². The van der Waals surface area contributed by atoms with Crippen molar-refractivity contribution in [3.63, 3.8) is 0 Å². The lowest BCUT2D eigenvalue weighted by atomic mass is 10.2. The van der Waals surface area contributed by atoms with E-state index in [2.05, 4.69) is 26.8 Å². The molecule has 0 aromatic carbocycles. The molecule has 5 nitrogen and oxygen atoms in total. The molecule has 0 spiro atoms. The molecule has 0 atom stereocenters. The molecular weight excluding hydrogens is 194 g/mol. The summed E-state index contributed by atoms with van der Waals surface area (Å²) in [5, 5.41) is 3.36. The maximum atomic E-state index is 11.2. The number of carbonyl (C=O) groups excluding carboxylic acids is 1. The van der Waals surface area contributed by atoms with Gasteiger partial charge >= 0.3 is 5.97 Å².